The first-order valence-corrected chi connectivity index (χ1v) is 35.8. The highest BCUT2D eigenvalue weighted by Gasteiger charge is 2.24. The average molecular weight is 1100 g/mol. The maximum atomic E-state index is 13.0. The summed E-state index contributed by atoms with van der Waals surface area (Å²) in [5.74, 6) is -0.154. The normalized spacial score (nSPS) is 13.6. The highest BCUT2D eigenvalue weighted by molar-refractivity contribution is 7.45. The number of aliphatic hydroxyl groups is 1. The van der Waals surface area contributed by atoms with Crippen LogP contribution in [0.1, 0.15) is 373 Å². The molecule has 0 saturated heterocycles. The second-order valence-electron chi connectivity index (χ2n) is 25.3. The van der Waals surface area contributed by atoms with Gasteiger partial charge in [-0.3, -0.25) is 9.36 Å². The summed E-state index contributed by atoms with van der Waals surface area (Å²) in [5.41, 5.74) is 0. The van der Waals surface area contributed by atoms with Crippen molar-refractivity contribution in [3.05, 3.63) is 0 Å². The van der Waals surface area contributed by atoms with E-state index in [-0.39, 0.29) is 19.1 Å². The van der Waals surface area contributed by atoms with Crippen molar-refractivity contribution in [2.45, 2.75) is 386 Å². The van der Waals surface area contributed by atoms with Crippen molar-refractivity contribution in [2.75, 3.05) is 40.9 Å². The molecule has 456 valence electrons. The molecule has 8 nitrogen and oxygen atoms in total. The summed E-state index contributed by atoms with van der Waals surface area (Å²) in [7, 11) is 1.33. The van der Waals surface area contributed by atoms with Gasteiger partial charge in [0.15, 0.2) is 0 Å². The van der Waals surface area contributed by atoms with Gasteiger partial charge in [-0.05, 0) is 12.8 Å². The summed E-state index contributed by atoms with van der Waals surface area (Å²) in [6.45, 7) is 4.80. The predicted molar refractivity (Wildman–Crippen MR) is 330 cm³/mol. The van der Waals surface area contributed by atoms with Crippen LogP contribution in [0.25, 0.3) is 0 Å². The monoisotopic (exact) mass is 1100 g/mol. The van der Waals surface area contributed by atoms with E-state index < -0.39 is 20.0 Å². The van der Waals surface area contributed by atoms with Crippen molar-refractivity contribution >= 4 is 13.7 Å². The second kappa shape index (κ2) is 59.1. The van der Waals surface area contributed by atoms with Gasteiger partial charge in [0.05, 0.1) is 39.9 Å². The first kappa shape index (κ1) is 75.5. The first-order chi connectivity index (χ1) is 37.0. The first-order valence-electron chi connectivity index (χ1n) is 34.4. The van der Waals surface area contributed by atoms with Crippen molar-refractivity contribution in [2.24, 2.45) is 0 Å². The van der Waals surface area contributed by atoms with Crippen LogP contribution in [-0.2, 0) is 18.4 Å². The Bertz CT molecular complexity index is 1200. The molecule has 0 rings (SSSR count). The molecule has 0 aromatic heterocycles. The standard InChI is InChI=1S/C67H137N2O6P/c1-6-8-10-12-14-16-18-20-22-24-26-28-30-32-34-35-37-39-41-43-45-47-49-51-53-55-57-59-61-67(71)68-65(64-75-76(72,73)74-63-62-69(3,4)5)66(70)60-58-56-54-52-50-48-46-44-42-40-38-36-33-31-29-27-25-23-21-19-17-15-13-11-9-7-2/h65-66,70H,6-64H2,1-5H3,(H-,68,71,72,73). The van der Waals surface area contributed by atoms with Crippen LogP contribution in [0.15, 0.2) is 0 Å². The quantitative estimate of drug-likeness (QED) is 0.0357. The van der Waals surface area contributed by atoms with Crippen molar-refractivity contribution < 1.29 is 32.9 Å². The van der Waals surface area contributed by atoms with E-state index in [9.17, 15) is 19.4 Å². The molecule has 0 fully saturated rings. The molecule has 0 spiro atoms. The molecule has 0 saturated carbocycles. The zero-order valence-electron chi connectivity index (χ0n) is 52.3. The van der Waals surface area contributed by atoms with E-state index in [1.165, 1.54) is 308 Å². The van der Waals surface area contributed by atoms with Gasteiger partial charge in [0.25, 0.3) is 7.82 Å². The minimum absolute atomic E-state index is 0.0170. The highest BCUT2D eigenvalue weighted by atomic mass is 31.2. The molecule has 0 heterocycles. The van der Waals surface area contributed by atoms with E-state index in [0.29, 0.717) is 23.9 Å². The molecular weight excluding hydrogens is 960 g/mol. The number of phosphoric acid groups is 1. The Morgan fingerprint density at radius 1 is 0.408 bits per heavy atom. The van der Waals surface area contributed by atoms with Gasteiger partial charge in [-0.1, -0.05) is 354 Å². The predicted octanol–water partition coefficient (Wildman–Crippen LogP) is 20.9. The van der Waals surface area contributed by atoms with Crippen molar-refractivity contribution in [3.63, 3.8) is 0 Å². The number of quaternary nitrogens is 1. The summed E-state index contributed by atoms with van der Waals surface area (Å²) in [6.07, 6.45) is 73.2. The maximum absolute atomic E-state index is 13.0. The molecule has 76 heavy (non-hydrogen) atoms. The number of aliphatic hydroxyl groups excluding tert-OH is 1. The highest BCUT2D eigenvalue weighted by Crippen LogP contribution is 2.38. The molecule has 0 aliphatic rings. The number of carbonyl (C=O) groups is 1. The van der Waals surface area contributed by atoms with Gasteiger partial charge in [-0.25, -0.2) is 0 Å². The lowest BCUT2D eigenvalue weighted by molar-refractivity contribution is -0.870. The zero-order chi connectivity index (χ0) is 55.6. The molecule has 0 radical (unpaired) electrons. The van der Waals surface area contributed by atoms with Gasteiger partial charge >= 0.3 is 0 Å². The van der Waals surface area contributed by atoms with Gasteiger partial charge in [0.2, 0.25) is 5.91 Å². The fourth-order valence-corrected chi connectivity index (χ4v) is 11.7. The van der Waals surface area contributed by atoms with Crippen LogP contribution in [-0.4, -0.2) is 68.5 Å². The van der Waals surface area contributed by atoms with Crippen molar-refractivity contribution in [3.8, 4) is 0 Å². The van der Waals surface area contributed by atoms with Gasteiger partial charge in [-0.15, -0.1) is 0 Å². The van der Waals surface area contributed by atoms with Gasteiger partial charge in [0, 0.05) is 6.42 Å². The van der Waals surface area contributed by atoms with E-state index >= 15 is 0 Å². The Morgan fingerprint density at radius 2 is 0.645 bits per heavy atom. The van der Waals surface area contributed by atoms with Crippen LogP contribution in [0.2, 0.25) is 0 Å². The smallest absolute Gasteiger partial charge is 0.268 e. The minimum atomic E-state index is -4.57. The SMILES string of the molecule is CCCCCCCCCCCCCCCCCCCCCCCCCCCCCCC(=O)NC(COP(=O)([O-])OCC[N+](C)(C)C)C(O)CCCCCCCCCCCCCCCCCCCCCCCCCCCC. The Kier molecular flexibility index (Phi) is 58.7. The van der Waals surface area contributed by atoms with E-state index in [4.69, 9.17) is 9.05 Å². The third kappa shape index (κ3) is 61.1. The maximum Gasteiger partial charge on any atom is 0.268 e. The number of carbonyl (C=O) groups excluding carboxylic acids is 1. The molecule has 0 aromatic rings. The summed E-state index contributed by atoms with van der Waals surface area (Å²) >= 11 is 0. The summed E-state index contributed by atoms with van der Waals surface area (Å²) in [5, 5.41) is 14.1. The Morgan fingerprint density at radius 3 is 0.895 bits per heavy atom. The third-order valence-corrected chi connectivity index (χ3v) is 17.3. The fourth-order valence-electron chi connectivity index (χ4n) is 11.0. The lowest BCUT2D eigenvalue weighted by atomic mass is 10.0. The minimum Gasteiger partial charge on any atom is -0.756 e. The van der Waals surface area contributed by atoms with E-state index in [1.54, 1.807) is 0 Å². The number of nitrogens with one attached hydrogen (secondary N) is 1. The van der Waals surface area contributed by atoms with Crippen LogP contribution in [0.4, 0.5) is 0 Å². The van der Waals surface area contributed by atoms with Crippen LogP contribution < -0.4 is 10.2 Å². The molecule has 0 bridgehead atoms. The Hall–Kier alpha value is -0.500. The fraction of sp³-hybridized carbons (Fsp3) is 0.985. The van der Waals surface area contributed by atoms with E-state index in [2.05, 4.69) is 19.2 Å². The van der Waals surface area contributed by atoms with Crippen LogP contribution in [0.3, 0.4) is 0 Å². The zero-order valence-corrected chi connectivity index (χ0v) is 53.2. The van der Waals surface area contributed by atoms with Crippen molar-refractivity contribution in [1.82, 2.24) is 5.32 Å². The third-order valence-electron chi connectivity index (χ3n) is 16.3. The summed E-state index contributed by atoms with van der Waals surface area (Å²) in [6, 6.07) is -0.797. The molecule has 2 N–H and O–H groups in total. The molecular formula is C67H137N2O6P. The molecule has 0 aliphatic carbocycles. The van der Waals surface area contributed by atoms with Crippen molar-refractivity contribution in [1.29, 1.82) is 0 Å². The van der Waals surface area contributed by atoms with E-state index in [0.717, 1.165) is 38.5 Å². The number of likely N-dealkylation sites (N-methyl/N-ethyl adjacent to an activating group) is 1. The van der Waals surface area contributed by atoms with Crippen LogP contribution in [0.5, 0.6) is 0 Å². The topological polar surface area (TPSA) is 108 Å². The molecule has 0 aliphatic heterocycles. The summed E-state index contributed by atoms with van der Waals surface area (Å²) in [4.78, 5) is 25.6. The largest absolute Gasteiger partial charge is 0.756 e. The van der Waals surface area contributed by atoms with Gasteiger partial charge in [0.1, 0.15) is 13.2 Å². The lowest BCUT2D eigenvalue weighted by Gasteiger charge is -2.30. The van der Waals surface area contributed by atoms with Crippen LogP contribution in [0, 0.1) is 0 Å². The Labute approximate surface area is 476 Å². The number of unbranched alkanes of at least 4 members (excludes halogenated alkanes) is 52. The summed E-state index contributed by atoms with van der Waals surface area (Å²) < 4.78 is 23.5. The van der Waals surface area contributed by atoms with Gasteiger partial charge in [-0.2, -0.15) is 0 Å². The molecule has 1 amide bonds. The number of hydrogen-bond donors (Lipinski definition) is 2. The molecule has 9 heteroatoms. The molecule has 0 aromatic carbocycles. The van der Waals surface area contributed by atoms with Gasteiger partial charge < -0.3 is 28.8 Å². The second-order valence-corrected chi connectivity index (χ2v) is 26.7. The van der Waals surface area contributed by atoms with E-state index in [1.807, 2.05) is 21.1 Å². The Balaban J connectivity index is 4.00. The number of hydrogen-bond acceptors (Lipinski definition) is 6. The number of phosphoric ester groups is 1. The number of amides is 1. The number of rotatable bonds is 65. The van der Waals surface area contributed by atoms with Crippen LogP contribution >= 0.6 is 7.82 Å². The molecule has 3 atom stereocenters. The number of nitrogens with zero attached hydrogens (tertiary/aromatic N) is 1. The average Bonchev–Trinajstić information content (AvgIpc) is 3.38. The lowest BCUT2D eigenvalue weighted by Crippen LogP contribution is -2.46. The molecule has 3 unspecified atom stereocenters.